The molecule has 75 heavy (non-hydrogen) atoms. The number of aromatic nitrogens is 1. The van der Waals surface area contributed by atoms with E-state index in [1.165, 1.54) is 99.3 Å². The standard InChI is InChI=1S/C72H49FN2/c1-71(2)65-42-47(29-37-58(65)59-38-35-53(44-66(59)71)74(52-33-31-51(73)32-34-52)70-43-48-17-9-10-22-55(48)56-23-11-12-25-61(56)70)46-30-40-69-63(41-46)62-26-14-16-28-68(62)75(69)54-36-39-60-57-24-13-15-27-64(57)72(67(60)45-54,49-18-5-3-6-19-49)50-20-7-4-8-21-50/h3-45H,1-2H3. The van der Waals surface area contributed by atoms with Crippen LogP contribution in [0.1, 0.15) is 47.2 Å². The van der Waals surface area contributed by atoms with E-state index < -0.39 is 5.41 Å². The van der Waals surface area contributed by atoms with Crippen molar-refractivity contribution in [1.82, 2.24) is 4.57 Å². The second-order valence-electron chi connectivity index (χ2n) is 20.9. The van der Waals surface area contributed by atoms with Gasteiger partial charge in [0.2, 0.25) is 0 Å². The fourth-order valence-corrected chi connectivity index (χ4v) is 13.3. The third kappa shape index (κ3) is 6.31. The molecule has 12 aromatic carbocycles. The topological polar surface area (TPSA) is 8.17 Å². The molecule has 354 valence electrons. The second kappa shape index (κ2) is 16.3. The smallest absolute Gasteiger partial charge is 0.123 e. The number of fused-ring (bicyclic) bond motifs is 12. The van der Waals surface area contributed by atoms with Crippen LogP contribution in [0, 0.1) is 5.82 Å². The van der Waals surface area contributed by atoms with Gasteiger partial charge in [-0.2, -0.15) is 0 Å². The Hall–Kier alpha value is -9.31. The van der Waals surface area contributed by atoms with Gasteiger partial charge in [-0.1, -0.05) is 196 Å². The molecule has 0 amide bonds. The number of hydrogen-bond donors (Lipinski definition) is 0. The molecule has 3 heteroatoms. The molecule has 0 spiro atoms. The monoisotopic (exact) mass is 960 g/mol. The van der Waals surface area contributed by atoms with Crippen LogP contribution >= 0.6 is 0 Å². The molecule has 2 aliphatic carbocycles. The Morgan fingerprint density at radius 3 is 1.68 bits per heavy atom. The fraction of sp³-hybridized carbons (Fsp3) is 0.0556. The van der Waals surface area contributed by atoms with E-state index in [4.69, 9.17) is 0 Å². The molecule has 0 unspecified atom stereocenters. The average molecular weight is 961 g/mol. The first kappa shape index (κ1) is 43.3. The molecular weight excluding hydrogens is 912 g/mol. The lowest BCUT2D eigenvalue weighted by atomic mass is 9.67. The number of para-hydroxylation sites is 1. The van der Waals surface area contributed by atoms with E-state index in [0.717, 1.165) is 33.5 Å². The van der Waals surface area contributed by atoms with Gasteiger partial charge in [-0.3, -0.25) is 0 Å². The van der Waals surface area contributed by atoms with E-state index in [1.807, 2.05) is 12.1 Å². The highest BCUT2D eigenvalue weighted by Crippen LogP contribution is 2.57. The molecule has 2 nitrogen and oxygen atoms in total. The first-order chi connectivity index (χ1) is 36.9. The van der Waals surface area contributed by atoms with Crippen molar-refractivity contribution in [2.75, 3.05) is 4.90 Å². The number of halogens is 1. The Morgan fingerprint density at radius 1 is 0.360 bits per heavy atom. The fourth-order valence-electron chi connectivity index (χ4n) is 13.3. The van der Waals surface area contributed by atoms with Gasteiger partial charge in [0.1, 0.15) is 5.82 Å². The van der Waals surface area contributed by atoms with Gasteiger partial charge in [-0.05, 0) is 162 Å². The van der Waals surface area contributed by atoms with E-state index in [0.29, 0.717) is 0 Å². The van der Waals surface area contributed by atoms with Crippen LogP contribution in [-0.2, 0) is 10.8 Å². The van der Waals surface area contributed by atoms with Crippen molar-refractivity contribution in [1.29, 1.82) is 0 Å². The van der Waals surface area contributed by atoms with E-state index >= 15 is 0 Å². The van der Waals surface area contributed by atoms with Gasteiger partial charge >= 0.3 is 0 Å². The molecule has 13 aromatic rings. The lowest BCUT2D eigenvalue weighted by Gasteiger charge is -2.34. The zero-order chi connectivity index (χ0) is 50.0. The highest BCUT2D eigenvalue weighted by Gasteiger charge is 2.46. The summed E-state index contributed by atoms with van der Waals surface area (Å²) in [6, 6.07) is 94.4. The predicted octanol–water partition coefficient (Wildman–Crippen LogP) is 19.0. The van der Waals surface area contributed by atoms with Gasteiger partial charge in [0.15, 0.2) is 0 Å². The van der Waals surface area contributed by atoms with Crippen molar-refractivity contribution in [3.8, 4) is 39.1 Å². The molecule has 2 aliphatic rings. The Balaban J connectivity index is 0.843. The van der Waals surface area contributed by atoms with E-state index in [9.17, 15) is 4.39 Å². The molecule has 0 atom stereocenters. The quantitative estimate of drug-likeness (QED) is 0.145. The Labute approximate surface area is 435 Å². The molecular formula is C72H49FN2. The van der Waals surface area contributed by atoms with Crippen LogP contribution in [0.4, 0.5) is 21.5 Å². The largest absolute Gasteiger partial charge is 0.310 e. The third-order valence-corrected chi connectivity index (χ3v) is 16.7. The third-order valence-electron chi connectivity index (χ3n) is 16.7. The van der Waals surface area contributed by atoms with Gasteiger partial charge in [0, 0.05) is 38.6 Å². The van der Waals surface area contributed by atoms with Crippen molar-refractivity contribution < 1.29 is 4.39 Å². The molecule has 0 saturated carbocycles. The zero-order valence-electron chi connectivity index (χ0n) is 41.6. The minimum Gasteiger partial charge on any atom is -0.310 e. The SMILES string of the molecule is CC1(C)c2cc(-c3ccc4c(c3)c3ccccc3n4-c3ccc4c(c3)C(c3ccccc3)(c3ccccc3)c3ccccc3-4)ccc2-c2ccc(N(c3ccc(F)cc3)c3cc4ccccc4c4ccccc34)cc21. The van der Waals surface area contributed by atoms with Crippen LogP contribution < -0.4 is 4.90 Å². The summed E-state index contributed by atoms with van der Waals surface area (Å²) in [6.45, 7) is 4.71. The lowest BCUT2D eigenvalue weighted by molar-refractivity contribution is 0.628. The maximum absolute atomic E-state index is 14.6. The van der Waals surface area contributed by atoms with Crippen molar-refractivity contribution in [2.24, 2.45) is 0 Å². The van der Waals surface area contributed by atoms with Crippen LogP contribution in [0.5, 0.6) is 0 Å². The summed E-state index contributed by atoms with van der Waals surface area (Å²) in [6.07, 6.45) is 0. The zero-order valence-corrected chi connectivity index (χ0v) is 41.6. The van der Waals surface area contributed by atoms with Crippen LogP contribution in [0.3, 0.4) is 0 Å². The van der Waals surface area contributed by atoms with Gasteiger partial charge in [-0.15, -0.1) is 0 Å². The summed E-state index contributed by atoms with van der Waals surface area (Å²) in [4.78, 5) is 2.30. The summed E-state index contributed by atoms with van der Waals surface area (Å²) in [7, 11) is 0. The summed E-state index contributed by atoms with van der Waals surface area (Å²) < 4.78 is 17.1. The number of anilines is 3. The minimum atomic E-state index is -0.493. The summed E-state index contributed by atoms with van der Waals surface area (Å²) in [5.74, 6) is -0.256. The first-order valence-electron chi connectivity index (χ1n) is 26.0. The molecule has 0 radical (unpaired) electrons. The highest BCUT2D eigenvalue weighted by atomic mass is 19.1. The Kier molecular flexibility index (Phi) is 9.44. The van der Waals surface area contributed by atoms with Crippen LogP contribution in [0.25, 0.3) is 82.4 Å². The second-order valence-corrected chi connectivity index (χ2v) is 20.9. The van der Waals surface area contributed by atoms with Gasteiger partial charge in [-0.25, -0.2) is 4.39 Å². The summed E-state index contributed by atoms with van der Waals surface area (Å²) in [5.41, 5.74) is 20.8. The maximum Gasteiger partial charge on any atom is 0.123 e. The highest BCUT2D eigenvalue weighted by molar-refractivity contribution is 6.15. The molecule has 0 bridgehead atoms. The van der Waals surface area contributed by atoms with Crippen molar-refractivity contribution >= 4 is 60.4 Å². The van der Waals surface area contributed by atoms with Gasteiger partial charge in [0.25, 0.3) is 0 Å². The Morgan fingerprint density at radius 2 is 0.907 bits per heavy atom. The average Bonchev–Trinajstić information content (AvgIpc) is 4.14. The molecule has 0 saturated heterocycles. The number of benzene rings is 12. The number of rotatable bonds is 7. The van der Waals surface area contributed by atoms with Crippen LogP contribution in [0.15, 0.2) is 261 Å². The minimum absolute atomic E-state index is 0.256. The van der Waals surface area contributed by atoms with Crippen molar-refractivity contribution in [3.05, 3.63) is 300 Å². The maximum atomic E-state index is 14.6. The van der Waals surface area contributed by atoms with Crippen LogP contribution in [0.2, 0.25) is 0 Å². The Bertz CT molecular complexity index is 4410. The van der Waals surface area contributed by atoms with E-state index in [1.54, 1.807) is 12.1 Å². The molecule has 0 aliphatic heterocycles. The lowest BCUT2D eigenvalue weighted by Crippen LogP contribution is -2.28. The normalized spacial score (nSPS) is 13.7. The molecule has 0 fully saturated rings. The van der Waals surface area contributed by atoms with E-state index in [2.05, 4.69) is 260 Å². The van der Waals surface area contributed by atoms with Crippen LogP contribution in [-0.4, -0.2) is 4.57 Å². The first-order valence-corrected chi connectivity index (χ1v) is 26.0. The number of hydrogen-bond acceptors (Lipinski definition) is 1. The summed E-state index contributed by atoms with van der Waals surface area (Å²) in [5, 5.41) is 7.14. The molecule has 1 aromatic heterocycles. The van der Waals surface area contributed by atoms with Gasteiger partial charge in [0.05, 0.1) is 22.1 Å². The van der Waals surface area contributed by atoms with Crippen molar-refractivity contribution in [2.45, 2.75) is 24.7 Å². The molecule has 1 heterocycles. The van der Waals surface area contributed by atoms with E-state index in [-0.39, 0.29) is 11.2 Å². The van der Waals surface area contributed by atoms with Gasteiger partial charge < -0.3 is 9.47 Å². The number of nitrogens with zero attached hydrogens (tertiary/aromatic N) is 2. The predicted molar refractivity (Wildman–Crippen MR) is 311 cm³/mol. The van der Waals surface area contributed by atoms with Crippen molar-refractivity contribution in [3.63, 3.8) is 0 Å². The summed E-state index contributed by atoms with van der Waals surface area (Å²) >= 11 is 0. The molecule has 15 rings (SSSR count). The molecule has 0 N–H and O–H groups in total.